The molecular formula is C17H17NO. The fourth-order valence-electron chi connectivity index (χ4n) is 1.85. The number of rotatable bonds is 3. The largest absolute Gasteiger partial charge is 0.315 e. The van der Waals surface area contributed by atoms with Gasteiger partial charge in [0, 0.05) is 14.0 Å². The third-order valence-corrected chi connectivity index (χ3v) is 3.03. The van der Waals surface area contributed by atoms with Gasteiger partial charge in [-0.3, -0.25) is 4.79 Å². The van der Waals surface area contributed by atoms with Gasteiger partial charge in [0.1, 0.15) is 0 Å². The lowest BCUT2D eigenvalue weighted by Crippen LogP contribution is -2.23. The molecule has 96 valence electrons. The summed E-state index contributed by atoms with van der Waals surface area (Å²) in [7, 11) is 1.79. The summed E-state index contributed by atoms with van der Waals surface area (Å²) in [5.74, 6) is 0.0283. The summed E-state index contributed by atoms with van der Waals surface area (Å²) in [6.45, 7) is 1.57. The molecule has 0 aliphatic rings. The van der Waals surface area contributed by atoms with Crippen molar-refractivity contribution in [3.63, 3.8) is 0 Å². The average molecular weight is 251 g/mol. The zero-order valence-electron chi connectivity index (χ0n) is 11.2. The fourth-order valence-corrected chi connectivity index (χ4v) is 1.85. The van der Waals surface area contributed by atoms with Crippen molar-refractivity contribution in [1.29, 1.82) is 0 Å². The Hall–Kier alpha value is -2.35. The van der Waals surface area contributed by atoms with Crippen LogP contribution in [0.2, 0.25) is 0 Å². The Morgan fingerprint density at radius 1 is 0.947 bits per heavy atom. The second-order valence-corrected chi connectivity index (χ2v) is 4.38. The van der Waals surface area contributed by atoms with Gasteiger partial charge in [-0.15, -0.1) is 0 Å². The van der Waals surface area contributed by atoms with Crippen molar-refractivity contribution in [3.8, 4) is 0 Å². The summed E-state index contributed by atoms with van der Waals surface area (Å²) in [4.78, 5) is 13.1. The minimum Gasteiger partial charge on any atom is -0.315 e. The quantitative estimate of drug-likeness (QED) is 0.759. The van der Waals surface area contributed by atoms with Crippen LogP contribution in [0.3, 0.4) is 0 Å². The first kappa shape index (κ1) is 13.1. The third kappa shape index (κ3) is 3.32. The Morgan fingerprint density at radius 2 is 1.58 bits per heavy atom. The van der Waals surface area contributed by atoms with E-state index in [0.29, 0.717) is 0 Å². The van der Waals surface area contributed by atoms with Gasteiger partial charge in [0.15, 0.2) is 0 Å². The first-order valence-electron chi connectivity index (χ1n) is 6.25. The zero-order chi connectivity index (χ0) is 13.7. The van der Waals surface area contributed by atoms with E-state index in [9.17, 15) is 4.79 Å². The maximum absolute atomic E-state index is 11.5. The Labute approximate surface area is 114 Å². The number of carbonyl (C=O) groups is 1. The molecule has 0 radical (unpaired) electrons. The highest BCUT2D eigenvalue weighted by Gasteiger charge is 2.07. The summed E-state index contributed by atoms with van der Waals surface area (Å²) in [6.07, 6.45) is 4.08. The molecule has 0 saturated carbocycles. The molecule has 2 heteroatoms. The Balaban J connectivity index is 2.31. The number of amides is 1. The molecule has 2 aromatic rings. The van der Waals surface area contributed by atoms with E-state index >= 15 is 0 Å². The van der Waals surface area contributed by atoms with Crippen molar-refractivity contribution in [3.05, 3.63) is 65.7 Å². The van der Waals surface area contributed by atoms with Crippen molar-refractivity contribution in [1.82, 2.24) is 0 Å². The van der Waals surface area contributed by atoms with E-state index in [4.69, 9.17) is 0 Å². The molecular weight excluding hydrogens is 234 g/mol. The maximum Gasteiger partial charge on any atom is 0.223 e. The van der Waals surface area contributed by atoms with Crippen LogP contribution in [0, 0.1) is 0 Å². The van der Waals surface area contributed by atoms with Crippen LogP contribution in [-0.2, 0) is 4.79 Å². The van der Waals surface area contributed by atoms with Crippen molar-refractivity contribution >= 4 is 23.7 Å². The smallest absolute Gasteiger partial charge is 0.223 e. The highest BCUT2D eigenvalue weighted by Crippen LogP contribution is 2.21. The molecule has 0 aliphatic carbocycles. The number of benzene rings is 2. The van der Waals surface area contributed by atoms with Crippen molar-refractivity contribution in [2.45, 2.75) is 6.92 Å². The average Bonchev–Trinajstić information content (AvgIpc) is 2.45. The number of para-hydroxylation sites is 1. The van der Waals surface area contributed by atoms with Crippen LogP contribution < -0.4 is 4.90 Å². The summed E-state index contributed by atoms with van der Waals surface area (Å²) < 4.78 is 0. The molecule has 1 amide bonds. The lowest BCUT2D eigenvalue weighted by atomic mass is 10.1. The fraction of sp³-hybridized carbons (Fsp3) is 0.118. The van der Waals surface area contributed by atoms with Crippen LogP contribution in [0.4, 0.5) is 5.69 Å². The van der Waals surface area contributed by atoms with Crippen molar-refractivity contribution in [2.75, 3.05) is 11.9 Å². The molecule has 2 rings (SSSR count). The second kappa shape index (κ2) is 6.01. The Morgan fingerprint density at radius 3 is 2.26 bits per heavy atom. The molecule has 0 atom stereocenters. The van der Waals surface area contributed by atoms with Crippen molar-refractivity contribution < 1.29 is 4.79 Å². The van der Waals surface area contributed by atoms with Crippen LogP contribution in [0.25, 0.3) is 12.2 Å². The molecule has 0 bridgehead atoms. The molecule has 0 N–H and O–H groups in total. The normalized spacial score (nSPS) is 10.6. The minimum atomic E-state index is 0.0283. The van der Waals surface area contributed by atoms with E-state index in [1.54, 1.807) is 18.9 Å². The topological polar surface area (TPSA) is 20.3 Å². The van der Waals surface area contributed by atoms with E-state index in [0.717, 1.165) is 16.8 Å². The van der Waals surface area contributed by atoms with E-state index in [2.05, 4.69) is 0 Å². The van der Waals surface area contributed by atoms with Gasteiger partial charge in [-0.2, -0.15) is 0 Å². The van der Waals surface area contributed by atoms with E-state index in [1.807, 2.05) is 66.7 Å². The molecule has 0 aliphatic heterocycles. The van der Waals surface area contributed by atoms with Gasteiger partial charge in [0.2, 0.25) is 5.91 Å². The summed E-state index contributed by atoms with van der Waals surface area (Å²) in [6, 6.07) is 18.0. The predicted octanol–water partition coefficient (Wildman–Crippen LogP) is 3.84. The second-order valence-electron chi connectivity index (χ2n) is 4.38. The highest BCUT2D eigenvalue weighted by atomic mass is 16.2. The van der Waals surface area contributed by atoms with Crippen molar-refractivity contribution in [2.24, 2.45) is 0 Å². The minimum absolute atomic E-state index is 0.0283. The molecule has 2 nitrogen and oxygen atoms in total. The van der Waals surface area contributed by atoms with Gasteiger partial charge >= 0.3 is 0 Å². The molecule has 19 heavy (non-hydrogen) atoms. The van der Waals surface area contributed by atoms with Gasteiger partial charge in [0.05, 0.1) is 5.69 Å². The first-order valence-corrected chi connectivity index (χ1v) is 6.25. The Kier molecular flexibility index (Phi) is 4.14. The number of carbonyl (C=O) groups excluding carboxylic acids is 1. The van der Waals surface area contributed by atoms with Crippen LogP contribution in [0.1, 0.15) is 18.1 Å². The SMILES string of the molecule is CC(=O)N(C)c1ccccc1/C=C/c1ccccc1. The summed E-state index contributed by atoms with van der Waals surface area (Å²) in [5, 5.41) is 0. The van der Waals surface area contributed by atoms with Gasteiger partial charge in [-0.25, -0.2) is 0 Å². The van der Waals surface area contributed by atoms with Gasteiger partial charge in [-0.05, 0) is 17.2 Å². The van der Waals surface area contributed by atoms with Gasteiger partial charge in [-0.1, -0.05) is 60.7 Å². The van der Waals surface area contributed by atoms with Gasteiger partial charge in [0.25, 0.3) is 0 Å². The predicted molar refractivity (Wildman–Crippen MR) is 80.9 cm³/mol. The molecule has 0 heterocycles. The number of nitrogens with zero attached hydrogens (tertiary/aromatic N) is 1. The Bertz CT molecular complexity index is 587. The lowest BCUT2D eigenvalue weighted by Gasteiger charge is -2.17. The van der Waals surface area contributed by atoms with E-state index < -0.39 is 0 Å². The van der Waals surface area contributed by atoms with Gasteiger partial charge < -0.3 is 4.90 Å². The highest BCUT2D eigenvalue weighted by molar-refractivity contribution is 5.94. The monoisotopic (exact) mass is 251 g/mol. The van der Waals surface area contributed by atoms with Crippen LogP contribution in [0.5, 0.6) is 0 Å². The molecule has 0 saturated heterocycles. The number of anilines is 1. The van der Waals surface area contributed by atoms with E-state index in [-0.39, 0.29) is 5.91 Å². The summed E-state index contributed by atoms with van der Waals surface area (Å²) in [5.41, 5.74) is 3.09. The number of hydrogen-bond acceptors (Lipinski definition) is 1. The molecule has 2 aromatic carbocycles. The summed E-state index contributed by atoms with van der Waals surface area (Å²) >= 11 is 0. The standard InChI is InChI=1S/C17H17NO/c1-14(19)18(2)17-11-7-6-10-16(17)13-12-15-8-4-3-5-9-15/h3-13H,1-2H3/b13-12+. The first-order chi connectivity index (χ1) is 9.18. The molecule has 0 spiro atoms. The molecule has 0 aromatic heterocycles. The van der Waals surface area contributed by atoms with Crippen LogP contribution >= 0.6 is 0 Å². The van der Waals surface area contributed by atoms with Crippen LogP contribution in [-0.4, -0.2) is 13.0 Å². The molecule has 0 unspecified atom stereocenters. The maximum atomic E-state index is 11.5. The van der Waals surface area contributed by atoms with Crippen LogP contribution in [0.15, 0.2) is 54.6 Å². The lowest BCUT2D eigenvalue weighted by molar-refractivity contribution is -0.116. The zero-order valence-corrected chi connectivity index (χ0v) is 11.2. The third-order valence-electron chi connectivity index (χ3n) is 3.03. The molecule has 0 fully saturated rings. The van der Waals surface area contributed by atoms with E-state index in [1.165, 1.54) is 0 Å². The number of hydrogen-bond donors (Lipinski definition) is 0.